The highest BCUT2D eigenvalue weighted by molar-refractivity contribution is 9.10. The molecule has 0 atom stereocenters. The van der Waals surface area contributed by atoms with Crippen LogP contribution in [0.4, 0.5) is 0 Å². The molecule has 1 amide bonds. The summed E-state index contributed by atoms with van der Waals surface area (Å²) in [7, 11) is 0. The van der Waals surface area contributed by atoms with Crippen LogP contribution in [0.3, 0.4) is 0 Å². The van der Waals surface area contributed by atoms with Crippen molar-refractivity contribution in [1.29, 1.82) is 0 Å². The molecule has 1 fully saturated rings. The minimum Gasteiger partial charge on any atom is -0.490 e. The fraction of sp³-hybridized carbons (Fsp3) is 0.238. The first-order valence-corrected chi connectivity index (χ1v) is 11.0. The minimum absolute atomic E-state index is 0.192. The van der Waals surface area contributed by atoms with Crippen molar-refractivity contribution in [3.8, 4) is 17.2 Å². The van der Waals surface area contributed by atoms with Gasteiger partial charge in [0.05, 0.1) is 16.0 Å². The van der Waals surface area contributed by atoms with Gasteiger partial charge in [-0.15, -0.1) is 0 Å². The number of carbonyl (C=O) groups is 1. The summed E-state index contributed by atoms with van der Waals surface area (Å²) in [4.78, 5) is 12.4. The number of rotatable bonds is 8. The average Bonchev–Trinajstić information content (AvgIpc) is 2.99. The Hall–Kier alpha value is -2.03. The molecule has 5 nitrogen and oxygen atoms in total. The highest BCUT2D eigenvalue weighted by Gasteiger charge is 2.22. The average molecular weight is 494 g/mol. The standard InChI is InChI=1S/C21H20BrNO4S2/c1-3-25-17-11-14(12-18-20(24)23-21(28)29-18)10-15(22)19(17)27-9-8-26-16-7-5-4-6-13(16)2/h4-7,10-12H,3,8-9H2,1-2H3,(H,23,24,28). The predicted molar refractivity (Wildman–Crippen MR) is 124 cm³/mol. The molecule has 1 aliphatic rings. The summed E-state index contributed by atoms with van der Waals surface area (Å²) in [6.45, 7) is 5.16. The van der Waals surface area contributed by atoms with Gasteiger partial charge in [-0.1, -0.05) is 42.2 Å². The normalized spacial score (nSPS) is 14.8. The maximum absolute atomic E-state index is 11.9. The van der Waals surface area contributed by atoms with Gasteiger partial charge in [0.2, 0.25) is 0 Å². The number of thiocarbonyl (C=S) groups is 1. The van der Waals surface area contributed by atoms with Crippen molar-refractivity contribution in [2.24, 2.45) is 0 Å². The highest BCUT2D eigenvalue weighted by Crippen LogP contribution is 2.38. The molecular formula is C21H20BrNO4S2. The highest BCUT2D eigenvalue weighted by atomic mass is 79.9. The molecule has 29 heavy (non-hydrogen) atoms. The van der Waals surface area contributed by atoms with E-state index in [-0.39, 0.29) is 5.91 Å². The van der Waals surface area contributed by atoms with E-state index in [4.69, 9.17) is 26.4 Å². The molecule has 0 spiro atoms. The molecule has 1 aliphatic heterocycles. The van der Waals surface area contributed by atoms with E-state index in [1.54, 1.807) is 6.08 Å². The maximum Gasteiger partial charge on any atom is 0.263 e. The SMILES string of the molecule is CCOc1cc(C=C2SC(=S)NC2=O)cc(Br)c1OCCOc1ccccc1C. The number of halogens is 1. The van der Waals surface area contributed by atoms with E-state index in [9.17, 15) is 4.79 Å². The lowest BCUT2D eigenvalue weighted by molar-refractivity contribution is -0.115. The second-order valence-corrected chi connectivity index (χ2v) is 8.65. The smallest absolute Gasteiger partial charge is 0.263 e. The molecule has 2 aromatic carbocycles. The fourth-order valence-corrected chi connectivity index (χ4v) is 4.28. The molecule has 152 valence electrons. The van der Waals surface area contributed by atoms with Gasteiger partial charge in [0.1, 0.15) is 23.3 Å². The Balaban J connectivity index is 1.71. The number of hydrogen-bond acceptors (Lipinski definition) is 6. The Morgan fingerprint density at radius 2 is 1.90 bits per heavy atom. The molecule has 3 rings (SSSR count). The van der Waals surface area contributed by atoms with Crippen LogP contribution >= 0.6 is 39.9 Å². The lowest BCUT2D eigenvalue weighted by Gasteiger charge is -2.15. The Morgan fingerprint density at radius 3 is 2.59 bits per heavy atom. The zero-order chi connectivity index (χ0) is 20.8. The lowest BCUT2D eigenvalue weighted by atomic mass is 10.2. The molecule has 0 aromatic heterocycles. The number of thioether (sulfide) groups is 1. The summed E-state index contributed by atoms with van der Waals surface area (Å²) in [5, 5.41) is 2.61. The van der Waals surface area contributed by atoms with E-state index >= 15 is 0 Å². The van der Waals surface area contributed by atoms with Crippen LogP contribution in [0.5, 0.6) is 17.2 Å². The van der Waals surface area contributed by atoms with Crippen LogP contribution in [0.15, 0.2) is 45.8 Å². The van der Waals surface area contributed by atoms with Crippen molar-refractivity contribution in [1.82, 2.24) is 5.32 Å². The molecule has 0 saturated carbocycles. The van der Waals surface area contributed by atoms with Gasteiger partial charge in [0.25, 0.3) is 5.91 Å². The molecule has 8 heteroatoms. The third-order valence-corrected chi connectivity index (χ3v) is 5.70. The van der Waals surface area contributed by atoms with Gasteiger partial charge in [-0.25, -0.2) is 0 Å². The molecule has 1 N–H and O–H groups in total. The molecule has 0 aliphatic carbocycles. The van der Waals surface area contributed by atoms with Crippen LogP contribution in [-0.4, -0.2) is 30.0 Å². The van der Waals surface area contributed by atoms with Gasteiger partial charge in [0.15, 0.2) is 11.5 Å². The number of amides is 1. The largest absolute Gasteiger partial charge is 0.490 e. The van der Waals surface area contributed by atoms with Crippen LogP contribution in [0, 0.1) is 6.92 Å². The van der Waals surface area contributed by atoms with Crippen LogP contribution in [0.1, 0.15) is 18.1 Å². The van der Waals surface area contributed by atoms with E-state index in [1.807, 2.05) is 50.2 Å². The number of benzene rings is 2. The molecule has 2 aromatic rings. The maximum atomic E-state index is 11.9. The molecule has 0 unspecified atom stereocenters. The summed E-state index contributed by atoms with van der Waals surface area (Å²) < 4.78 is 18.6. The van der Waals surface area contributed by atoms with Gasteiger partial charge in [-0.2, -0.15) is 0 Å². The van der Waals surface area contributed by atoms with Crippen LogP contribution in [0.2, 0.25) is 0 Å². The van der Waals surface area contributed by atoms with Crippen molar-refractivity contribution >= 4 is 56.2 Å². The summed E-state index contributed by atoms with van der Waals surface area (Å²) >= 11 is 9.82. The monoisotopic (exact) mass is 493 g/mol. The van der Waals surface area contributed by atoms with Crippen molar-refractivity contribution in [2.75, 3.05) is 19.8 Å². The Labute approximate surface area is 187 Å². The first kappa shape index (κ1) is 21.7. The van der Waals surface area contributed by atoms with Gasteiger partial charge in [-0.3, -0.25) is 4.79 Å². The van der Waals surface area contributed by atoms with Gasteiger partial charge in [-0.05, 0) is 65.2 Å². The van der Waals surface area contributed by atoms with Crippen LogP contribution in [0.25, 0.3) is 6.08 Å². The van der Waals surface area contributed by atoms with E-state index in [1.165, 1.54) is 11.8 Å². The summed E-state index contributed by atoms with van der Waals surface area (Å²) in [5.74, 6) is 1.84. The summed E-state index contributed by atoms with van der Waals surface area (Å²) in [5.41, 5.74) is 1.89. The molecule has 0 bridgehead atoms. The van der Waals surface area contributed by atoms with E-state index in [0.717, 1.165) is 21.3 Å². The Morgan fingerprint density at radius 1 is 1.14 bits per heavy atom. The van der Waals surface area contributed by atoms with Crippen LogP contribution in [-0.2, 0) is 4.79 Å². The zero-order valence-electron chi connectivity index (χ0n) is 16.0. The van der Waals surface area contributed by atoms with Crippen molar-refractivity contribution in [3.63, 3.8) is 0 Å². The molecule has 0 radical (unpaired) electrons. The Bertz CT molecular complexity index is 962. The lowest BCUT2D eigenvalue weighted by Crippen LogP contribution is -2.17. The second kappa shape index (κ2) is 10.1. The van der Waals surface area contributed by atoms with Crippen LogP contribution < -0.4 is 19.5 Å². The Kier molecular flexibility index (Phi) is 7.57. The third-order valence-electron chi connectivity index (χ3n) is 3.95. The van der Waals surface area contributed by atoms with Crippen molar-refractivity contribution in [3.05, 3.63) is 56.9 Å². The molecule has 1 saturated heterocycles. The fourth-order valence-electron chi connectivity index (χ4n) is 2.66. The number of aryl methyl sites for hydroxylation is 1. The number of ether oxygens (including phenoxy) is 3. The van der Waals surface area contributed by atoms with E-state index < -0.39 is 0 Å². The van der Waals surface area contributed by atoms with Gasteiger partial charge < -0.3 is 19.5 Å². The zero-order valence-corrected chi connectivity index (χ0v) is 19.2. The van der Waals surface area contributed by atoms with Gasteiger partial charge >= 0.3 is 0 Å². The van der Waals surface area contributed by atoms with Crippen molar-refractivity contribution < 1.29 is 19.0 Å². The quantitative estimate of drug-likeness (QED) is 0.313. The predicted octanol–water partition coefficient (Wildman–Crippen LogP) is 5.10. The summed E-state index contributed by atoms with van der Waals surface area (Å²) in [6.07, 6.45) is 1.78. The number of hydrogen-bond donors (Lipinski definition) is 1. The summed E-state index contributed by atoms with van der Waals surface area (Å²) in [6, 6.07) is 11.6. The number of para-hydroxylation sites is 1. The first-order chi connectivity index (χ1) is 14.0. The molecule has 1 heterocycles. The van der Waals surface area contributed by atoms with E-state index in [2.05, 4.69) is 21.2 Å². The molecular weight excluding hydrogens is 474 g/mol. The minimum atomic E-state index is -0.192. The van der Waals surface area contributed by atoms with E-state index in [0.29, 0.717) is 40.5 Å². The van der Waals surface area contributed by atoms with Crippen molar-refractivity contribution in [2.45, 2.75) is 13.8 Å². The number of nitrogens with one attached hydrogen (secondary N) is 1. The van der Waals surface area contributed by atoms with Gasteiger partial charge in [0, 0.05) is 0 Å². The second-order valence-electron chi connectivity index (χ2n) is 6.08. The first-order valence-electron chi connectivity index (χ1n) is 9.00. The third kappa shape index (κ3) is 5.74. The topological polar surface area (TPSA) is 56.8 Å². The number of carbonyl (C=O) groups excluding carboxylic acids is 1.